The lowest BCUT2D eigenvalue weighted by Crippen LogP contribution is -2.24. The fraction of sp³-hybridized carbons (Fsp3) is 0.200. The Hall–Kier alpha value is -2.90. The Morgan fingerprint density at radius 3 is 2.52 bits per heavy atom. The number of hydrogen-bond acceptors (Lipinski definition) is 5. The van der Waals surface area contributed by atoms with Crippen LogP contribution in [0.3, 0.4) is 0 Å². The molecule has 0 saturated heterocycles. The molecule has 0 fully saturated rings. The summed E-state index contributed by atoms with van der Waals surface area (Å²) in [5, 5.41) is 12.9. The minimum Gasteiger partial charge on any atom is -0.394 e. The van der Waals surface area contributed by atoms with E-state index in [0.29, 0.717) is 10.6 Å². The monoisotopic (exact) mass is 382 g/mol. The van der Waals surface area contributed by atoms with Crippen molar-refractivity contribution in [3.05, 3.63) is 81.6 Å². The van der Waals surface area contributed by atoms with Gasteiger partial charge in [-0.3, -0.25) is 14.2 Å². The minimum absolute atomic E-state index is 0.113. The van der Waals surface area contributed by atoms with Crippen molar-refractivity contribution >= 4 is 28.1 Å². The number of anilines is 2. The Morgan fingerprint density at radius 2 is 1.85 bits per heavy atom. The Labute approximate surface area is 161 Å². The van der Waals surface area contributed by atoms with Crippen molar-refractivity contribution in [2.45, 2.75) is 19.4 Å². The number of nitrogens with two attached hydrogens (primary N) is 1. The number of nitrogens with one attached hydrogen (secondary N) is 2. The van der Waals surface area contributed by atoms with Gasteiger partial charge >= 0.3 is 0 Å². The lowest BCUT2D eigenvalue weighted by atomic mass is 10.0. The van der Waals surface area contributed by atoms with Gasteiger partial charge in [0, 0.05) is 5.69 Å². The van der Waals surface area contributed by atoms with Gasteiger partial charge in [0.05, 0.1) is 12.6 Å². The van der Waals surface area contributed by atoms with Crippen LogP contribution in [0, 0.1) is 0 Å². The van der Waals surface area contributed by atoms with Crippen molar-refractivity contribution in [3.63, 3.8) is 0 Å². The molecule has 1 heterocycles. The molecule has 0 radical (unpaired) electrons. The maximum absolute atomic E-state index is 12.1. The van der Waals surface area contributed by atoms with Crippen LogP contribution in [0.1, 0.15) is 23.6 Å². The Kier molecular flexibility index (Phi) is 6.05. The van der Waals surface area contributed by atoms with Crippen molar-refractivity contribution in [1.29, 1.82) is 0 Å². The quantitative estimate of drug-likeness (QED) is 0.373. The summed E-state index contributed by atoms with van der Waals surface area (Å²) < 4.78 is 2.67. The van der Waals surface area contributed by atoms with Gasteiger partial charge < -0.3 is 16.2 Å². The van der Waals surface area contributed by atoms with Crippen LogP contribution < -0.4 is 16.6 Å². The van der Waals surface area contributed by atoms with E-state index in [1.807, 2.05) is 30.3 Å². The van der Waals surface area contributed by atoms with Crippen molar-refractivity contribution in [2.75, 3.05) is 11.9 Å². The first-order valence-electron chi connectivity index (χ1n) is 8.62. The third-order valence-corrected chi connectivity index (χ3v) is 4.84. The Bertz CT molecular complexity index is 962. The maximum atomic E-state index is 12.1. The lowest BCUT2D eigenvalue weighted by molar-refractivity contribution is 0.274. The molecule has 3 rings (SSSR count). The summed E-state index contributed by atoms with van der Waals surface area (Å²) in [5.41, 5.74) is 9.28. The minimum atomic E-state index is -0.366. The van der Waals surface area contributed by atoms with Gasteiger partial charge in [-0.2, -0.15) is 0 Å². The third-order valence-electron chi connectivity index (χ3n) is 4.04. The molecule has 0 aliphatic heterocycles. The number of aliphatic hydroxyl groups is 1. The zero-order chi connectivity index (χ0) is 19.2. The van der Waals surface area contributed by atoms with E-state index in [4.69, 9.17) is 10.8 Å². The van der Waals surface area contributed by atoms with E-state index in [9.17, 15) is 4.79 Å². The van der Waals surface area contributed by atoms with Gasteiger partial charge in [0.15, 0.2) is 0 Å². The molecule has 5 N–H and O–H groups in total. The number of aromatic amines is 1. The fourth-order valence-corrected chi connectivity index (χ4v) is 3.40. The van der Waals surface area contributed by atoms with E-state index in [1.165, 1.54) is 22.7 Å². The van der Waals surface area contributed by atoms with Crippen molar-refractivity contribution < 1.29 is 5.11 Å². The van der Waals surface area contributed by atoms with E-state index >= 15 is 0 Å². The predicted octanol–water partition coefficient (Wildman–Crippen LogP) is 2.86. The molecule has 0 spiro atoms. The van der Waals surface area contributed by atoms with Crippen molar-refractivity contribution in [1.82, 2.24) is 4.37 Å². The molecule has 6 nitrogen and oxygen atoms in total. The standard InChI is InChI=1S/C20H22N4O2S/c1-13(12-25)22-18(21)17-19(26)24-27-20(17)23-16-9-7-15(8-10-16)11-14-5-3-2-4-6-14/h2-10,13,23,25H,11-12H2,1H3,(H2,21,22)(H,24,26). The average Bonchev–Trinajstić information content (AvgIpc) is 3.04. The molecular weight excluding hydrogens is 360 g/mol. The highest BCUT2D eigenvalue weighted by Gasteiger charge is 2.15. The van der Waals surface area contributed by atoms with Crippen LogP contribution in [0.2, 0.25) is 0 Å². The zero-order valence-corrected chi connectivity index (χ0v) is 15.8. The summed E-state index contributed by atoms with van der Waals surface area (Å²) in [6.07, 6.45) is 0.864. The summed E-state index contributed by atoms with van der Waals surface area (Å²) in [7, 11) is 0. The molecule has 1 aromatic heterocycles. The molecule has 27 heavy (non-hydrogen) atoms. The highest BCUT2D eigenvalue weighted by molar-refractivity contribution is 7.10. The predicted molar refractivity (Wildman–Crippen MR) is 111 cm³/mol. The Balaban J connectivity index is 1.76. The summed E-state index contributed by atoms with van der Waals surface area (Å²) in [5.74, 6) is 0.113. The first kappa shape index (κ1) is 18.9. The highest BCUT2D eigenvalue weighted by Crippen LogP contribution is 2.23. The number of aliphatic imine (C=N–C) groups is 1. The van der Waals surface area contributed by atoms with Crippen LogP contribution in [-0.4, -0.2) is 28.0 Å². The van der Waals surface area contributed by atoms with Crippen LogP contribution in [0.15, 0.2) is 64.4 Å². The van der Waals surface area contributed by atoms with Gasteiger partial charge in [0.2, 0.25) is 0 Å². The van der Waals surface area contributed by atoms with Crippen LogP contribution in [0.5, 0.6) is 0 Å². The number of hydrogen-bond donors (Lipinski definition) is 4. The van der Waals surface area contributed by atoms with Gasteiger partial charge in [0.1, 0.15) is 16.4 Å². The molecule has 3 aromatic rings. The van der Waals surface area contributed by atoms with E-state index < -0.39 is 0 Å². The molecule has 0 bridgehead atoms. The first-order valence-corrected chi connectivity index (χ1v) is 9.44. The first-order chi connectivity index (χ1) is 13.1. The maximum Gasteiger partial charge on any atom is 0.271 e. The highest BCUT2D eigenvalue weighted by atomic mass is 32.1. The van der Waals surface area contributed by atoms with Crippen LogP contribution in [0.25, 0.3) is 0 Å². The molecule has 0 aliphatic carbocycles. The van der Waals surface area contributed by atoms with Crippen LogP contribution in [-0.2, 0) is 6.42 Å². The molecular formula is C20H22N4O2S. The topological polar surface area (TPSA) is 104 Å². The van der Waals surface area contributed by atoms with Gasteiger partial charge in [-0.05, 0) is 48.1 Å². The second-order valence-electron chi connectivity index (χ2n) is 6.27. The van der Waals surface area contributed by atoms with Gasteiger partial charge in [0.25, 0.3) is 5.56 Å². The molecule has 0 amide bonds. The molecule has 0 saturated carbocycles. The number of rotatable bonds is 7. The molecule has 2 aromatic carbocycles. The van der Waals surface area contributed by atoms with E-state index in [1.54, 1.807) is 6.92 Å². The van der Waals surface area contributed by atoms with E-state index in [2.05, 4.69) is 38.9 Å². The number of nitrogens with zero attached hydrogens (tertiary/aromatic N) is 1. The molecule has 1 atom stereocenters. The van der Waals surface area contributed by atoms with Crippen molar-refractivity contribution in [3.8, 4) is 0 Å². The second kappa shape index (κ2) is 8.66. The normalized spacial score (nSPS) is 12.7. The van der Waals surface area contributed by atoms with E-state index in [-0.39, 0.29) is 24.0 Å². The second-order valence-corrected chi connectivity index (χ2v) is 7.08. The zero-order valence-electron chi connectivity index (χ0n) is 15.0. The molecule has 140 valence electrons. The summed E-state index contributed by atoms with van der Waals surface area (Å²) in [6, 6.07) is 17.9. The van der Waals surface area contributed by atoms with Gasteiger partial charge in [-0.15, -0.1) is 0 Å². The SMILES string of the molecule is CC(CO)N=C(N)c1c(Nc2ccc(Cc3ccccc3)cc2)s[nH]c1=O. The van der Waals surface area contributed by atoms with Gasteiger partial charge in [-0.1, -0.05) is 42.5 Å². The number of benzene rings is 2. The molecule has 1 unspecified atom stereocenters. The average molecular weight is 382 g/mol. The van der Waals surface area contributed by atoms with Crippen LogP contribution >= 0.6 is 11.5 Å². The summed E-state index contributed by atoms with van der Waals surface area (Å²) in [4.78, 5) is 16.2. The number of amidine groups is 1. The van der Waals surface area contributed by atoms with Crippen LogP contribution in [0.4, 0.5) is 10.7 Å². The molecule has 7 heteroatoms. The van der Waals surface area contributed by atoms with Gasteiger partial charge in [-0.25, -0.2) is 0 Å². The van der Waals surface area contributed by atoms with Crippen molar-refractivity contribution in [2.24, 2.45) is 10.7 Å². The summed E-state index contributed by atoms with van der Waals surface area (Å²) in [6.45, 7) is 1.60. The number of H-pyrrole nitrogens is 1. The largest absolute Gasteiger partial charge is 0.394 e. The number of aromatic nitrogens is 1. The smallest absolute Gasteiger partial charge is 0.271 e. The third kappa shape index (κ3) is 4.84. The fourth-order valence-electron chi connectivity index (χ4n) is 2.63. The van der Waals surface area contributed by atoms with E-state index in [0.717, 1.165) is 12.1 Å². The number of aliphatic hydroxyl groups excluding tert-OH is 1. The lowest BCUT2D eigenvalue weighted by Gasteiger charge is -2.08. The summed E-state index contributed by atoms with van der Waals surface area (Å²) >= 11 is 1.17. The Morgan fingerprint density at radius 1 is 1.19 bits per heavy atom. The molecule has 0 aliphatic rings.